The molecule has 21 heavy (non-hydrogen) atoms. The molecule has 0 aliphatic carbocycles. The number of ether oxygens (including phenoxy) is 2. The highest BCUT2D eigenvalue weighted by Gasteiger charge is 2.31. The zero-order chi connectivity index (χ0) is 15.4. The summed E-state index contributed by atoms with van der Waals surface area (Å²) in [5.74, 6) is -0.804. The van der Waals surface area contributed by atoms with Crippen molar-refractivity contribution in [2.24, 2.45) is 0 Å². The van der Waals surface area contributed by atoms with Crippen LogP contribution in [0, 0.1) is 0 Å². The van der Waals surface area contributed by atoms with E-state index in [1.807, 2.05) is 0 Å². The third kappa shape index (κ3) is 4.09. The van der Waals surface area contributed by atoms with Gasteiger partial charge in [-0.3, -0.25) is 4.79 Å². The van der Waals surface area contributed by atoms with Crippen molar-refractivity contribution in [2.75, 3.05) is 19.7 Å². The predicted molar refractivity (Wildman–Crippen MR) is 75.5 cm³/mol. The molecule has 0 spiro atoms. The predicted octanol–water partition coefficient (Wildman–Crippen LogP) is 1.42. The topological polar surface area (TPSA) is 76.1 Å². The second-order valence-corrected chi connectivity index (χ2v) is 5.13. The van der Waals surface area contributed by atoms with Crippen LogP contribution >= 0.6 is 11.6 Å². The number of carboxylic acids is 1. The van der Waals surface area contributed by atoms with Gasteiger partial charge in [-0.2, -0.15) is 0 Å². The first kappa shape index (κ1) is 15.6. The minimum absolute atomic E-state index is 0.0302. The van der Waals surface area contributed by atoms with E-state index in [1.54, 1.807) is 31.2 Å². The maximum atomic E-state index is 12.3. The quantitative estimate of drug-likeness (QED) is 0.910. The average Bonchev–Trinajstić information content (AvgIpc) is 2.49. The molecule has 1 aliphatic rings. The molecule has 1 aromatic rings. The number of aliphatic carboxylic acids is 1. The fourth-order valence-corrected chi connectivity index (χ4v) is 2.15. The molecular weight excluding hydrogens is 298 g/mol. The molecule has 0 saturated carbocycles. The van der Waals surface area contributed by atoms with Crippen molar-refractivity contribution >= 4 is 23.5 Å². The van der Waals surface area contributed by atoms with Crippen LogP contribution in [-0.2, 0) is 14.3 Å². The van der Waals surface area contributed by atoms with Crippen molar-refractivity contribution in [1.29, 1.82) is 0 Å². The Morgan fingerprint density at radius 2 is 2.10 bits per heavy atom. The number of hydrogen-bond acceptors (Lipinski definition) is 4. The van der Waals surface area contributed by atoms with Crippen molar-refractivity contribution in [1.82, 2.24) is 4.90 Å². The summed E-state index contributed by atoms with van der Waals surface area (Å²) in [5.41, 5.74) is 0. The number of rotatable bonds is 4. The molecule has 0 radical (unpaired) electrons. The summed E-state index contributed by atoms with van der Waals surface area (Å²) in [4.78, 5) is 24.6. The van der Waals surface area contributed by atoms with Crippen molar-refractivity contribution < 1.29 is 24.2 Å². The largest absolute Gasteiger partial charge is 0.481 e. The number of nitrogens with zero attached hydrogens (tertiary/aromatic N) is 1. The number of halogens is 1. The molecule has 114 valence electrons. The molecule has 1 fully saturated rings. The molecule has 7 heteroatoms. The van der Waals surface area contributed by atoms with Gasteiger partial charge in [0.1, 0.15) is 5.75 Å². The fraction of sp³-hybridized carbons (Fsp3) is 0.429. The summed E-state index contributed by atoms with van der Waals surface area (Å²) >= 11 is 5.78. The molecule has 1 saturated heterocycles. The van der Waals surface area contributed by atoms with Gasteiger partial charge in [0.15, 0.2) is 12.2 Å². The van der Waals surface area contributed by atoms with Crippen molar-refractivity contribution in [3.8, 4) is 5.75 Å². The van der Waals surface area contributed by atoms with Crippen molar-refractivity contribution in [2.45, 2.75) is 19.1 Å². The summed E-state index contributed by atoms with van der Waals surface area (Å²) in [6.45, 7) is 2.22. The molecule has 1 heterocycles. The van der Waals surface area contributed by atoms with Gasteiger partial charge in [0.2, 0.25) is 0 Å². The second kappa shape index (κ2) is 6.78. The van der Waals surface area contributed by atoms with Gasteiger partial charge in [-0.25, -0.2) is 4.79 Å². The van der Waals surface area contributed by atoms with Gasteiger partial charge >= 0.3 is 5.97 Å². The summed E-state index contributed by atoms with van der Waals surface area (Å²) in [6, 6.07) is 6.68. The summed E-state index contributed by atoms with van der Waals surface area (Å²) in [6.07, 6.45) is -1.69. The molecule has 0 bridgehead atoms. The third-order valence-corrected chi connectivity index (χ3v) is 3.38. The SMILES string of the molecule is C[C@H](Oc1ccc(Cl)cc1)C(=O)N1CCO[C@H](C(=O)O)C1. The number of morpholine rings is 1. The molecular formula is C14H16ClNO5. The highest BCUT2D eigenvalue weighted by molar-refractivity contribution is 6.30. The summed E-state index contributed by atoms with van der Waals surface area (Å²) in [7, 11) is 0. The van der Waals surface area contributed by atoms with Crippen LogP contribution in [0.3, 0.4) is 0 Å². The molecule has 2 rings (SSSR count). The van der Waals surface area contributed by atoms with Gasteiger partial charge in [-0.1, -0.05) is 11.6 Å². The lowest BCUT2D eigenvalue weighted by Gasteiger charge is -2.32. The molecule has 1 amide bonds. The van der Waals surface area contributed by atoms with Crippen molar-refractivity contribution in [3.63, 3.8) is 0 Å². The Hall–Kier alpha value is -1.79. The first-order valence-corrected chi connectivity index (χ1v) is 6.90. The van der Waals surface area contributed by atoms with Crippen LogP contribution in [0.15, 0.2) is 24.3 Å². The Bertz CT molecular complexity index is 519. The number of carbonyl (C=O) groups is 2. The fourth-order valence-electron chi connectivity index (χ4n) is 2.02. The smallest absolute Gasteiger partial charge is 0.334 e. The minimum atomic E-state index is -1.07. The normalized spacial score (nSPS) is 19.9. The standard InChI is InChI=1S/C14H16ClNO5/c1-9(21-11-4-2-10(15)3-5-11)13(17)16-6-7-20-12(8-16)14(18)19/h2-5,9,12H,6-8H2,1H3,(H,18,19)/t9-,12-/m0/s1. The van der Waals surface area contributed by atoms with E-state index in [4.69, 9.17) is 26.2 Å². The Labute approximate surface area is 127 Å². The average molecular weight is 314 g/mol. The molecule has 0 unspecified atom stereocenters. The molecule has 2 atom stereocenters. The Morgan fingerprint density at radius 1 is 1.43 bits per heavy atom. The van der Waals surface area contributed by atoms with Gasteiger partial charge in [0.05, 0.1) is 13.2 Å². The van der Waals surface area contributed by atoms with E-state index in [1.165, 1.54) is 4.90 Å². The Kier molecular flexibility index (Phi) is 5.03. The van der Waals surface area contributed by atoms with E-state index in [2.05, 4.69) is 0 Å². The van der Waals surface area contributed by atoms with Gasteiger partial charge in [0, 0.05) is 11.6 Å². The highest BCUT2D eigenvalue weighted by Crippen LogP contribution is 2.18. The van der Waals surface area contributed by atoms with E-state index >= 15 is 0 Å². The minimum Gasteiger partial charge on any atom is -0.481 e. The highest BCUT2D eigenvalue weighted by atomic mass is 35.5. The molecule has 1 aromatic carbocycles. The van der Waals surface area contributed by atoms with Crippen LogP contribution in [0.1, 0.15) is 6.92 Å². The van der Waals surface area contributed by atoms with Crippen molar-refractivity contribution in [3.05, 3.63) is 29.3 Å². The van der Waals surface area contributed by atoms with E-state index < -0.39 is 18.2 Å². The van der Waals surface area contributed by atoms with Gasteiger partial charge in [-0.05, 0) is 31.2 Å². The zero-order valence-corrected chi connectivity index (χ0v) is 12.2. The van der Waals surface area contributed by atoms with Crippen LogP contribution in [-0.4, -0.2) is 53.8 Å². The Morgan fingerprint density at radius 3 is 2.71 bits per heavy atom. The first-order chi connectivity index (χ1) is 9.97. The number of carbonyl (C=O) groups excluding carboxylic acids is 1. The lowest BCUT2D eigenvalue weighted by atomic mass is 10.2. The first-order valence-electron chi connectivity index (χ1n) is 6.53. The number of amides is 1. The lowest BCUT2D eigenvalue weighted by molar-refractivity contribution is -0.161. The monoisotopic (exact) mass is 313 g/mol. The zero-order valence-electron chi connectivity index (χ0n) is 11.5. The van der Waals surface area contributed by atoms with Gasteiger partial charge < -0.3 is 19.5 Å². The maximum absolute atomic E-state index is 12.3. The number of benzene rings is 1. The maximum Gasteiger partial charge on any atom is 0.334 e. The second-order valence-electron chi connectivity index (χ2n) is 4.70. The van der Waals surface area contributed by atoms with E-state index in [0.29, 0.717) is 17.3 Å². The lowest BCUT2D eigenvalue weighted by Crippen LogP contribution is -2.51. The summed E-state index contributed by atoms with van der Waals surface area (Å²) < 4.78 is 10.6. The van der Waals surface area contributed by atoms with Crippen LogP contribution in [0.4, 0.5) is 0 Å². The van der Waals surface area contributed by atoms with Gasteiger partial charge in [0.25, 0.3) is 5.91 Å². The molecule has 1 N–H and O–H groups in total. The number of hydrogen-bond donors (Lipinski definition) is 1. The van der Waals surface area contributed by atoms with Crippen LogP contribution in [0.2, 0.25) is 5.02 Å². The molecule has 0 aromatic heterocycles. The molecule has 6 nitrogen and oxygen atoms in total. The van der Waals surface area contributed by atoms with E-state index in [-0.39, 0.29) is 19.1 Å². The van der Waals surface area contributed by atoms with Crippen LogP contribution in [0.5, 0.6) is 5.75 Å². The van der Waals surface area contributed by atoms with E-state index in [0.717, 1.165) is 0 Å². The van der Waals surface area contributed by atoms with Gasteiger partial charge in [-0.15, -0.1) is 0 Å². The Balaban J connectivity index is 1.95. The summed E-state index contributed by atoms with van der Waals surface area (Å²) in [5, 5.41) is 9.51. The third-order valence-electron chi connectivity index (χ3n) is 3.13. The van der Waals surface area contributed by atoms with E-state index in [9.17, 15) is 9.59 Å². The van der Waals surface area contributed by atoms with Crippen LogP contribution < -0.4 is 4.74 Å². The number of carboxylic acid groups (broad SMARTS) is 1. The van der Waals surface area contributed by atoms with Crippen LogP contribution in [0.25, 0.3) is 0 Å². The molecule has 1 aliphatic heterocycles.